The van der Waals surface area contributed by atoms with Gasteiger partial charge in [0.15, 0.2) is 0 Å². The first-order valence-corrected chi connectivity index (χ1v) is 7.03. The Labute approximate surface area is 121 Å². The summed E-state index contributed by atoms with van der Waals surface area (Å²) in [7, 11) is 0. The topological polar surface area (TPSA) is 35.2 Å². The van der Waals surface area contributed by atoms with Crippen LogP contribution in [0.3, 0.4) is 0 Å². The van der Waals surface area contributed by atoms with Gasteiger partial charge in [-0.2, -0.15) is 0 Å². The van der Waals surface area contributed by atoms with Crippen molar-refractivity contribution in [3.63, 3.8) is 0 Å². The Balaban J connectivity index is 2.25. The summed E-state index contributed by atoms with van der Waals surface area (Å²) in [5.74, 6) is 0.920. The molecule has 1 atom stereocenters. The molecule has 0 aromatic heterocycles. The van der Waals surface area contributed by atoms with Gasteiger partial charge in [-0.15, -0.1) is 0 Å². The smallest absolute Gasteiger partial charge is 0.127 e. The monoisotopic (exact) mass is 269 g/mol. The standard InChI is InChI=1S/C18H23NO/c1-12-8-9-13(2)16(10-12)11-20-18-14(3)6-5-7-17(18)15(4)19/h5-10,15H,11,19H2,1-4H3. The fourth-order valence-electron chi connectivity index (χ4n) is 2.34. The lowest BCUT2D eigenvalue weighted by Gasteiger charge is -2.17. The molecular formula is C18H23NO. The Morgan fingerprint density at radius 2 is 1.80 bits per heavy atom. The highest BCUT2D eigenvalue weighted by atomic mass is 16.5. The van der Waals surface area contributed by atoms with Gasteiger partial charge in [0.25, 0.3) is 0 Å². The molecule has 2 rings (SSSR count). The molecule has 0 bridgehead atoms. The van der Waals surface area contributed by atoms with Gasteiger partial charge in [-0.05, 0) is 44.4 Å². The van der Waals surface area contributed by atoms with Crippen molar-refractivity contribution in [2.45, 2.75) is 40.3 Å². The van der Waals surface area contributed by atoms with Crippen molar-refractivity contribution in [3.05, 3.63) is 64.2 Å². The van der Waals surface area contributed by atoms with Crippen LogP contribution in [-0.4, -0.2) is 0 Å². The predicted molar refractivity (Wildman–Crippen MR) is 84.0 cm³/mol. The third-order valence-corrected chi connectivity index (χ3v) is 3.61. The third kappa shape index (κ3) is 3.20. The van der Waals surface area contributed by atoms with E-state index in [2.05, 4.69) is 45.0 Å². The lowest BCUT2D eigenvalue weighted by molar-refractivity contribution is 0.298. The molecule has 2 heteroatoms. The van der Waals surface area contributed by atoms with Crippen LogP contribution in [0.4, 0.5) is 0 Å². The Bertz CT molecular complexity index is 602. The number of hydrogen-bond donors (Lipinski definition) is 1. The van der Waals surface area contributed by atoms with Gasteiger partial charge >= 0.3 is 0 Å². The summed E-state index contributed by atoms with van der Waals surface area (Å²) < 4.78 is 6.07. The lowest BCUT2D eigenvalue weighted by Crippen LogP contribution is -2.09. The molecule has 0 saturated carbocycles. The Kier molecular flexibility index (Phi) is 4.46. The van der Waals surface area contributed by atoms with Gasteiger partial charge in [-0.25, -0.2) is 0 Å². The maximum Gasteiger partial charge on any atom is 0.127 e. The van der Waals surface area contributed by atoms with E-state index in [1.54, 1.807) is 0 Å². The normalized spacial score (nSPS) is 12.2. The van der Waals surface area contributed by atoms with Crippen LogP contribution in [0.15, 0.2) is 36.4 Å². The minimum absolute atomic E-state index is 0.0245. The highest BCUT2D eigenvalue weighted by molar-refractivity contribution is 5.42. The van der Waals surface area contributed by atoms with Crippen molar-refractivity contribution in [1.29, 1.82) is 0 Å². The molecule has 0 spiro atoms. The van der Waals surface area contributed by atoms with Gasteiger partial charge in [0, 0.05) is 11.6 Å². The molecule has 0 aliphatic heterocycles. The number of para-hydroxylation sites is 1. The molecule has 1 unspecified atom stereocenters. The SMILES string of the molecule is Cc1ccc(C)c(COc2c(C)cccc2C(C)N)c1. The second kappa shape index (κ2) is 6.10. The first kappa shape index (κ1) is 14.6. The highest BCUT2D eigenvalue weighted by Crippen LogP contribution is 2.28. The molecule has 0 aliphatic rings. The number of benzene rings is 2. The average Bonchev–Trinajstić information content (AvgIpc) is 2.40. The summed E-state index contributed by atoms with van der Waals surface area (Å²) in [6.07, 6.45) is 0. The van der Waals surface area contributed by atoms with Crippen molar-refractivity contribution >= 4 is 0 Å². The zero-order valence-corrected chi connectivity index (χ0v) is 12.7. The van der Waals surface area contributed by atoms with E-state index in [1.165, 1.54) is 16.7 Å². The molecule has 2 aromatic rings. The van der Waals surface area contributed by atoms with Crippen molar-refractivity contribution < 1.29 is 4.74 Å². The number of ether oxygens (including phenoxy) is 1. The fourth-order valence-corrected chi connectivity index (χ4v) is 2.34. The van der Waals surface area contributed by atoms with Crippen LogP contribution in [0.5, 0.6) is 5.75 Å². The van der Waals surface area contributed by atoms with E-state index in [0.29, 0.717) is 6.61 Å². The van der Waals surface area contributed by atoms with Gasteiger partial charge in [0.2, 0.25) is 0 Å². The zero-order valence-electron chi connectivity index (χ0n) is 12.7. The second-order valence-electron chi connectivity index (χ2n) is 5.50. The molecule has 20 heavy (non-hydrogen) atoms. The molecule has 0 heterocycles. The number of hydrogen-bond acceptors (Lipinski definition) is 2. The molecule has 0 saturated heterocycles. The predicted octanol–water partition coefficient (Wildman–Crippen LogP) is 4.21. The maximum absolute atomic E-state index is 6.07. The van der Waals surface area contributed by atoms with E-state index in [4.69, 9.17) is 10.5 Å². The first-order chi connectivity index (χ1) is 9.49. The van der Waals surface area contributed by atoms with Crippen LogP contribution in [0.25, 0.3) is 0 Å². The summed E-state index contributed by atoms with van der Waals surface area (Å²) >= 11 is 0. The molecule has 0 amide bonds. The van der Waals surface area contributed by atoms with E-state index < -0.39 is 0 Å². The molecular weight excluding hydrogens is 246 g/mol. The maximum atomic E-state index is 6.07. The van der Waals surface area contributed by atoms with E-state index in [0.717, 1.165) is 16.9 Å². The van der Waals surface area contributed by atoms with Crippen LogP contribution in [0.2, 0.25) is 0 Å². The summed E-state index contributed by atoms with van der Waals surface area (Å²) in [6.45, 7) is 8.84. The Morgan fingerprint density at radius 1 is 1.05 bits per heavy atom. The second-order valence-corrected chi connectivity index (χ2v) is 5.50. The minimum atomic E-state index is -0.0245. The molecule has 0 aliphatic carbocycles. The molecule has 2 nitrogen and oxygen atoms in total. The van der Waals surface area contributed by atoms with E-state index in [-0.39, 0.29) is 6.04 Å². The summed E-state index contributed by atoms with van der Waals surface area (Å²) in [4.78, 5) is 0. The van der Waals surface area contributed by atoms with Crippen LogP contribution < -0.4 is 10.5 Å². The van der Waals surface area contributed by atoms with Crippen molar-refractivity contribution in [1.82, 2.24) is 0 Å². The van der Waals surface area contributed by atoms with Crippen LogP contribution in [0.1, 0.15) is 40.8 Å². The largest absolute Gasteiger partial charge is 0.488 e. The van der Waals surface area contributed by atoms with E-state index >= 15 is 0 Å². The van der Waals surface area contributed by atoms with Crippen molar-refractivity contribution in [2.24, 2.45) is 5.73 Å². The van der Waals surface area contributed by atoms with Crippen molar-refractivity contribution in [2.75, 3.05) is 0 Å². The number of rotatable bonds is 4. The van der Waals surface area contributed by atoms with Crippen molar-refractivity contribution in [3.8, 4) is 5.75 Å². The third-order valence-electron chi connectivity index (χ3n) is 3.61. The van der Waals surface area contributed by atoms with Crippen LogP contribution in [0, 0.1) is 20.8 Å². The summed E-state index contributed by atoms with van der Waals surface area (Å²) in [5, 5.41) is 0. The fraction of sp³-hybridized carbons (Fsp3) is 0.333. The molecule has 106 valence electrons. The molecule has 0 radical (unpaired) electrons. The van der Waals surface area contributed by atoms with Gasteiger partial charge < -0.3 is 10.5 Å². The van der Waals surface area contributed by atoms with Crippen LogP contribution >= 0.6 is 0 Å². The summed E-state index contributed by atoms with van der Waals surface area (Å²) in [5.41, 5.74) is 12.0. The number of aryl methyl sites for hydroxylation is 3. The van der Waals surface area contributed by atoms with E-state index in [9.17, 15) is 0 Å². The zero-order chi connectivity index (χ0) is 14.7. The highest BCUT2D eigenvalue weighted by Gasteiger charge is 2.11. The quantitative estimate of drug-likeness (QED) is 0.902. The average molecular weight is 269 g/mol. The molecule has 0 fully saturated rings. The minimum Gasteiger partial charge on any atom is -0.488 e. The molecule has 2 aromatic carbocycles. The summed E-state index contributed by atoms with van der Waals surface area (Å²) in [6, 6.07) is 12.5. The molecule has 2 N–H and O–H groups in total. The Hall–Kier alpha value is -1.80. The van der Waals surface area contributed by atoms with Gasteiger partial charge in [0.1, 0.15) is 12.4 Å². The lowest BCUT2D eigenvalue weighted by atomic mass is 10.0. The van der Waals surface area contributed by atoms with Gasteiger partial charge in [-0.1, -0.05) is 42.0 Å². The Morgan fingerprint density at radius 3 is 2.50 bits per heavy atom. The van der Waals surface area contributed by atoms with Gasteiger partial charge in [-0.3, -0.25) is 0 Å². The van der Waals surface area contributed by atoms with Crippen LogP contribution in [-0.2, 0) is 6.61 Å². The first-order valence-electron chi connectivity index (χ1n) is 7.03. The van der Waals surface area contributed by atoms with E-state index in [1.807, 2.05) is 19.1 Å². The van der Waals surface area contributed by atoms with Gasteiger partial charge in [0.05, 0.1) is 0 Å². The number of nitrogens with two attached hydrogens (primary N) is 1.